The fourth-order valence-corrected chi connectivity index (χ4v) is 3.44. The van der Waals surface area contributed by atoms with E-state index in [-0.39, 0.29) is 11.9 Å². The molecule has 0 spiro atoms. The number of aromatic nitrogens is 2. The first-order valence-electron chi connectivity index (χ1n) is 8.19. The molecular formula is C16H23N5O. The molecule has 1 atom stereocenters. The third-order valence-corrected chi connectivity index (χ3v) is 5.32. The Morgan fingerprint density at radius 2 is 1.95 bits per heavy atom. The molecule has 1 aromatic rings. The molecule has 1 saturated carbocycles. The van der Waals surface area contributed by atoms with Crippen molar-refractivity contribution < 1.29 is 4.79 Å². The van der Waals surface area contributed by atoms with Crippen LogP contribution in [0.15, 0.2) is 12.1 Å². The molecule has 3 heterocycles. The number of nitrogens with zero attached hydrogens (tertiary/aromatic N) is 5. The van der Waals surface area contributed by atoms with E-state index in [2.05, 4.69) is 39.2 Å². The molecule has 2 saturated heterocycles. The molecule has 0 radical (unpaired) electrons. The average molecular weight is 301 g/mol. The zero-order chi connectivity index (χ0) is 15.3. The summed E-state index contributed by atoms with van der Waals surface area (Å²) in [5.41, 5.74) is 1.14. The smallest absolute Gasteiger partial charge is 0.239 e. The van der Waals surface area contributed by atoms with Gasteiger partial charge in [-0.3, -0.25) is 9.69 Å². The van der Waals surface area contributed by atoms with Gasteiger partial charge in [-0.1, -0.05) is 0 Å². The van der Waals surface area contributed by atoms with E-state index in [1.807, 2.05) is 11.9 Å². The Morgan fingerprint density at radius 3 is 2.50 bits per heavy atom. The fraction of sp³-hybridized carbons (Fsp3) is 0.688. The average Bonchev–Trinajstić information content (AvgIpc) is 3.26. The molecule has 0 N–H and O–H groups in total. The summed E-state index contributed by atoms with van der Waals surface area (Å²) in [4.78, 5) is 18.4. The largest absolute Gasteiger partial charge is 0.352 e. The van der Waals surface area contributed by atoms with Gasteiger partial charge < -0.3 is 9.80 Å². The minimum atomic E-state index is 0.0560. The van der Waals surface area contributed by atoms with Gasteiger partial charge in [-0.15, -0.1) is 5.10 Å². The number of carbonyl (C=O) groups excluding carboxylic acids is 1. The Hall–Kier alpha value is -1.69. The van der Waals surface area contributed by atoms with Crippen molar-refractivity contribution in [3.63, 3.8) is 0 Å². The second-order valence-corrected chi connectivity index (χ2v) is 6.88. The van der Waals surface area contributed by atoms with E-state index in [1.54, 1.807) is 0 Å². The van der Waals surface area contributed by atoms with Crippen molar-refractivity contribution >= 4 is 11.7 Å². The van der Waals surface area contributed by atoms with Crippen LogP contribution in [-0.2, 0) is 4.79 Å². The van der Waals surface area contributed by atoms with Crippen molar-refractivity contribution in [3.8, 4) is 0 Å². The number of hydrogen-bond donors (Lipinski definition) is 0. The minimum Gasteiger partial charge on any atom is -0.352 e. The van der Waals surface area contributed by atoms with Crippen molar-refractivity contribution in [2.75, 3.05) is 38.6 Å². The molecule has 1 aromatic heterocycles. The van der Waals surface area contributed by atoms with Crippen LogP contribution in [0.1, 0.15) is 30.9 Å². The molecule has 22 heavy (non-hydrogen) atoms. The molecule has 3 aliphatic rings. The Kier molecular flexibility index (Phi) is 3.29. The first kappa shape index (κ1) is 13.9. The van der Waals surface area contributed by atoms with Gasteiger partial charge in [0.25, 0.3) is 0 Å². The van der Waals surface area contributed by atoms with Crippen LogP contribution in [0.25, 0.3) is 0 Å². The maximum Gasteiger partial charge on any atom is 0.239 e. The lowest BCUT2D eigenvalue weighted by molar-refractivity contribution is -0.131. The lowest BCUT2D eigenvalue weighted by atomic mass is 10.0. The Morgan fingerprint density at radius 1 is 1.18 bits per heavy atom. The summed E-state index contributed by atoms with van der Waals surface area (Å²) in [6.07, 6.45) is 3.46. The lowest BCUT2D eigenvalue weighted by Crippen LogP contribution is -2.61. The minimum absolute atomic E-state index is 0.0560. The van der Waals surface area contributed by atoms with E-state index in [4.69, 9.17) is 0 Å². The lowest BCUT2D eigenvalue weighted by Gasteiger charge is -2.46. The molecule has 4 rings (SSSR count). The van der Waals surface area contributed by atoms with Crippen LogP contribution in [0.3, 0.4) is 0 Å². The predicted molar refractivity (Wildman–Crippen MR) is 83.8 cm³/mol. The van der Waals surface area contributed by atoms with Gasteiger partial charge in [0.2, 0.25) is 5.91 Å². The Bertz CT molecular complexity index is 564. The van der Waals surface area contributed by atoms with Gasteiger partial charge in [0.15, 0.2) is 5.82 Å². The summed E-state index contributed by atoms with van der Waals surface area (Å²) in [6, 6.07) is 4.70. The van der Waals surface area contributed by atoms with Crippen LogP contribution >= 0.6 is 0 Å². The summed E-state index contributed by atoms with van der Waals surface area (Å²) in [5.74, 6) is 1.88. The molecule has 6 nitrogen and oxygen atoms in total. The topological polar surface area (TPSA) is 52.6 Å². The van der Waals surface area contributed by atoms with Gasteiger partial charge in [0.1, 0.15) is 0 Å². The van der Waals surface area contributed by atoms with E-state index in [1.165, 1.54) is 12.8 Å². The van der Waals surface area contributed by atoms with E-state index in [0.717, 1.165) is 37.6 Å². The summed E-state index contributed by atoms with van der Waals surface area (Å²) in [6.45, 7) is 2.74. The van der Waals surface area contributed by atoms with Crippen molar-refractivity contribution in [3.05, 3.63) is 17.8 Å². The molecule has 118 valence electrons. The maximum absolute atomic E-state index is 12.1. The van der Waals surface area contributed by atoms with Crippen LogP contribution in [-0.4, -0.2) is 71.7 Å². The summed E-state index contributed by atoms with van der Waals surface area (Å²) in [5, 5.41) is 8.71. The zero-order valence-corrected chi connectivity index (χ0v) is 13.3. The monoisotopic (exact) mass is 301 g/mol. The highest BCUT2D eigenvalue weighted by Gasteiger charge is 2.40. The molecule has 2 aliphatic heterocycles. The van der Waals surface area contributed by atoms with Gasteiger partial charge >= 0.3 is 0 Å². The summed E-state index contributed by atoms with van der Waals surface area (Å²) in [7, 11) is 3.96. The number of rotatable bonds is 4. The predicted octanol–water partition coefficient (Wildman–Crippen LogP) is 0.705. The maximum atomic E-state index is 12.1. The number of likely N-dealkylation sites (N-methyl/N-ethyl adjacent to an activating group) is 2. The summed E-state index contributed by atoms with van der Waals surface area (Å²) < 4.78 is 0. The molecule has 6 heteroatoms. The van der Waals surface area contributed by atoms with Crippen molar-refractivity contribution in [2.45, 2.75) is 37.3 Å². The Labute approximate surface area is 131 Å². The second kappa shape index (κ2) is 5.19. The van der Waals surface area contributed by atoms with Gasteiger partial charge in [-0.2, -0.15) is 5.10 Å². The van der Waals surface area contributed by atoms with Crippen LogP contribution in [0, 0.1) is 0 Å². The number of hydrogen-bond acceptors (Lipinski definition) is 5. The SMILES string of the molecule is CN1CCC(N(C)C2CN(c3ccc(C4CC4)nn3)C2)C1=O. The highest BCUT2D eigenvalue weighted by Crippen LogP contribution is 2.39. The first-order chi connectivity index (χ1) is 10.6. The zero-order valence-electron chi connectivity index (χ0n) is 13.3. The van der Waals surface area contributed by atoms with Gasteiger partial charge in [0.05, 0.1) is 11.7 Å². The second-order valence-electron chi connectivity index (χ2n) is 6.88. The highest BCUT2D eigenvalue weighted by atomic mass is 16.2. The third kappa shape index (κ3) is 2.35. The van der Waals surface area contributed by atoms with Crippen molar-refractivity contribution in [1.29, 1.82) is 0 Å². The van der Waals surface area contributed by atoms with Gasteiger partial charge in [-0.05, 0) is 38.4 Å². The molecule has 1 amide bonds. The number of carbonyl (C=O) groups is 1. The molecule has 0 bridgehead atoms. The van der Waals surface area contributed by atoms with E-state index >= 15 is 0 Å². The van der Waals surface area contributed by atoms with E-state index < -0.39 is 0 Å². The fourth-order valence-electron chi connectivity index (χ4n) is 3.44. The van der Waals surface area contributed by atoms with Crippen LogP contribution in [0.2, 0.25) is 0 Å². The quantitative estimate of drug-likeness (QED) is 0.819. The van der Waals surface area contributed by atoms with E-state index in [9.17, 15) is 4.79 Å². The molecule has 3 fully saturated rings. The van der Waals surface area contributed by atoms with E-state index in [0.29, 0.717) is 12.0 Å². The number of anilines is 1. The highest BCUT2D eigenvalue weighted by molar-refractivity contribution is 5.83. The molecular weight excluding hydrogens is 278 g/mol. The number of amides is 1. The standard InChI is InChI=1S/C16H23N5O/c1-19-8-7-14(16(19)22)20(2)12-9-21(10-12)15-6-5-13(17-18-15)11-3-4-11/h5-6,11-12,14H,3-4,7-10H2,1-2H3. The Balaban J connectivity index is 1.34. The van der Waals surface area contributed by atoms with Crippen molar-refractivity contribution in [1.82, 2.24) is 20.0 Å². The normalized spacial score (nSPS) is 26.0. The number of likely N-dealkylation sites (tertiary alicyclic amines) is 1. The van der Waals surface area contributed by atoms with Gasteiger partial charge in [-0.25, -0.2) is 0 Å². The first-order valence-corrected chi connectivity index (χ1v) is 8.19. The van der Waals surface area contributed by atoms with Crippen LogP contribution < -0.4 is 4.90 Å². The van der Waals surface area contributed by atoms with Gasteiger partial charge in [0, 0.05) is 38.6 Å². The molecule has 1 unspecified atom stereocenters. The van der Waals surface area contributed by atoms with Crippen molar-refractivity contribution in [2.24, 2.45) is 0 Å². The summed E-state index contributed by atoms with van der Waals surface area (Å²) >= 11 is 0. The van der Waals surface area contributed by atoms with Crippen LogP contribution in [0.5, 0.6) is 0 Å². The third-order valence-electron chi connectivity index (χ3n) is 5.32. The molecule has 0 aromatic carbocycles. The van der Waals surface area contributed by atoms with Crippen LogP contribution in [0.4, 0.5) is 5.82 Å². The molecule has 1 aliphatic carbocycles.